The standard InChI is InChI=1S/C19H30N4O/c1-3-4-11-19(21-22-19)12-10-18(24)20-15(2)16-7-6-13-23(14-16)17-8-5-9-17/h1,15-17H,4-14H2,2H3,(H,20,24). The first-order valence-electron chi connectivity index (χ1n) is 9.53. The van der Waals surface area contributed by atoms with E-state index in [2.05, 4.69) is 33.3 Å². The largest absolute Gasteiger partial charge is 0.353 e. The van der Waals surface area contributed by atoms with Gasteiger partial charge in [0, 0.05) is 44.3 Å². The van der Waals surface area contributed by atoms with E-state index in [0.717, 1.165) is 19.0 Å². The van der Waals surface area contributed by atoms with Gasteiger partial charge in [-0.15, -0.1) is 12.3 Å². The Kier molecular flexibility index (Phi) is 5.55. The molecule has 2 atom stereocenters. The fourth-order valence-corrected chi connectivity index (χ4v) is 3.96. The van der Waals surface area contributed by atoms with E-state index in [-0.39, 0.29) is 17.6 Å². The summed E-state index contributed by atoms with van der Waals surface area (Å²) in [7, 11) is 0. The van der Waals surface area contributed by atoms with E-state index in [0.29, 0.717) is 25.2 Å². The third-order valence-corrected chi connectivity index (χ3v) is 5.98. The van der Waals surface area contributed by atoms with Crippen molar-refractivity contribution in [3.63, 3.8) is 0 Å². The topological polar surface area (TPSA) is 57.1 Å². The van der Waals surface area contributed by atoms with Crippen molar-refractivity contribution < 1.29 is 4.79 Å². The average Bonchev–Trinajstić information content (AvgIpc) is 3.30. The highest BCUT2D eigenvalue weighted by Gasteiger charge is 2.39. The van der Waals surface area contributed by atoms with Crippen LogP contribution in [0.4, 0.5) is 0 Å². The fraction of sp³-hybridized carbons (Fsp3) is 0.842. The van der Waals surface area contributed by atoms with Gasteiger partial charge in [0.25, 0.3) is 0 Å². The van der Waals surface area contributed by atoms with E-state index in [1.54, 1.807) is 0 Å². The predicted molar refractivity (Wildman–Crippen MR) is 94.4 cm³/mol. The molecule has 24 heavy (non-hydrogen) atoms. The van der Waals surface area contributed by atoms with Gasteiger partial charge in [0.05, 0.1) is 0 Å². The molecule has 0 aromatic heterocycles. The van der Waals surface area contributed by atoms with Crippen LogP contribution in [0, 0.1) is 18.3 Å². The van der Waals surface area contributed by atoms with E-state index >= 15 is 0 Å². The molecule has 1 aliphatic carbocycles. The third kappa shape index (κ3) is 4.36. The Morgan fingerprint density at radius 1 is 1.33 bits per heavy atom. The Morgan fingerprint density at radius 2 is 2.12 bits per heavy atom. The molecule has 132 valence electrons. The van der Waals surface area contributed by atoms with E-state index in [9.17, 15) is 4.79 Å². The van der Waals surface area contributed by atoms with Crippen LogP contribution in [-0.2, 0) is 4.79 Å². The lowest BCUT2D eigenvalue weighted by Crippen LogP contribution is -2.50. The molecule has 5 heteroatoms. The van der Waals surface area contributed by atoms with Crippen LogP contribution in [0.15, 0.2) is 10.2 Å². The van der Waals surface area contributed by atoms with Crippen molar-refractivity contribution in [3.05, 3.63) is 0 Å². The summed E-state index contributed by atoms with van der Waals surface area (Å²) < 4.78 is 0. The molecule has 1 N–H and O–H groups in total. The van der Waals surface area contributed by atoms with Crippen LogP contribution in [-0.4, -0.2) is 41.6 Å². The minimum atomic E-state index is -0.348. The van der Waals surface area contributed by atoms with Gasteiger partial charge in [0.15, 0.2) is 5.66 Å². The van der Waals surface area contributed by atoms with E-state index < -0.39 is 0 Å². The first-order valence-corrected chi connectivity index (χ1v) is 9.53. The maximum atomic E-state index is 12.3. The molecule has 0 aromatic rings. The van der Waals surface area contributed by atoms with Gasteiger partial charge in [-0.05, 0) is 45.1 Å². The number of carbonyl (C=O) groups excluding carboxylic acids is 1. The second-order valence-electron chi connectivity index (χ2n) is 7.72. The quantitative estimate of drug-likeness (QED) is 0.695. The van der Waals surface area contributed by atoms with Crippen LogP contribution >= 0.6 is 0 Å². The van der Waals surface area contributed by atoms with E-state index in [1.165, 1.54) is 38.6 Å². The van der Waals surface area contributed by atoms with Gasteiger partial charge in [-0.2, -0.15) is 10.2 Å². The number of carbonyl (C=O) groups is 1. The molecule has 2 heterocycles. The van der Waals surface area contributed by atoms with Crippen molar-refractivity contribution in [1.29, 1.82) is 0 Å². The van der Waals surface area contributed by atoms with Crippen molar-refractivity contribution in [2.45, 2.75) is 82.5 Å². The second-order valence-corrected chi connectivity index (χ2v) is 7.72. The normalized spacial score (nSPS) is 27.1. The van der Waals surface area contributed by atoms with Crippen LogP contribution in [0.1, 0.15) is 64.7 Å². The summed E-state index contributed by atoms with van der Waals surface area (Å²) in [5.41, 5.74) is -0.348. The zero-order chi connectivity index (χ0) is 17.0. The smallest absolute Gasteiger partial charge is 0.220 e. The fourth-order valence-electron chi connectivity index (χ4n) is 3.96. The highest BCUT2D eigenvalue weighted by molar-refractivity contribution is 5.76. The molecule has 2 aliphatic heterocycles. The average molecular weight is 330 g/mol. The second kappa shape index (κ2) is 7.65. The Labute approximate surface area is 145 Å². The minimum absolute atomic E-state index is 0.126. The van der Waals surface area contributed by atoms with E-state index in [4.69, 9.17) is 6.42 Å². The van der Waals surface area contributed by atoms with Crippen molar-refractivity contribution in [1.82, 2.24) is 10.2 Å². The molecule has 1 amide bonds. The van der Waals surface area contributed by atoms with Crippen molar-refractivity contribution in [3.8, 4) is 12.3 Å². The Hall–Kier alpha value is -1.41. The van der Waals surface area contributed by atoms with Crippen LogP contribution < -0.4 is 5.32 Å². The number of nitrogens with zero attached hydrogens (tertiary/aromatic N) is 3. The van der Waals surface area contributed by atoms with Crippen LogP contribution in [0.25, 0.3) is 0 Å². The molecule has 3 rings (SSSR count). The monoisotopic (exact) mass is 330 g/mol. The lowest BCUT2D eigenvalue weighted by Gasteiger charge is -2.43. The maximum Gasteiger partial charge on any atom is 0.220 e. The number of amides is 1. The number of terminal acetylenes is 1. The summed E-state index contributed by atoms with van der Waals surface area (Å²) in [5.74, 6) is 3.33. The summed E-state index contributed by atoms with van der Waals surface area (Å²) in [5, 5.41) is 11.4. The predicted octanol–water partition coefficient (Wildman–Crippen LogP) is 3.11. The molecule has 3 aliphatic rings. The number of piperidine rings is 1. The number of hydrogen-bond donors (Lipinski definition) is 1. The summed E-state index contributed by atoms with van der Waals surface area (Å²) in [6, 6.07) is 1.06. The molecule has 5 nitrogen and oxygen atoms in total. The van der Waals surface area contributed by atoms with Crippen molar-refractivity contribution in [2.24, 2.45) is 16.1 Å². The highest BCUT2D eigenvalue weighted by atomic mass is 16.1. The maximum absolute atomic E-state index is 12.3. The molecular weight excluding hydrogens is 300 g/mol. The van der Waals surface area contributed by atoms with Crippen LogP contribution in [0.3, 0.4) is 0 Å². The lowest BCUT2D eigenvalue weighted by atomic mass is 9.85. The minimum Gasteiger partial charge on any atom is -0.353 e. The van der Waals surface area contributed by atoms with Crippen molar-refractivity contribution in [2.75, 3.05) is 13.1 Å². The van der Waals surface area contributed by atoms with Crippen LogP contribution in [0.2, 0.25) is 0 Å². The zero-order valence-electron chi connectivity index (χ0n) is 14.8. The van der Waals surface area contributed by atoms with Gasteiger partial charge >= 0.3 is 0 Å². The summed E-state index contributed by atoms with van der Waals surface area (Å²) in [6.45, 7) is 4.54. The first-order chi connectivity index (χ1) is 11.6. The molecule has 2 unspecified atom stereocenters. The van der Waals surface area contributed by atoms with Crippen molar-refractivity contribution >= 4 is 5.91 Å². The third-order valence-electron chi connectivity index (χ3n) is 5.98. The van der Waals surface area contributed by atoms with Gasteiger partial charge in [-0.3, -0.25) is 4.79 Å². The van der Waals surface area contributed by atoms with Gasteiger partial charge in [-0.25, -0.2) is 0 Å². The van der Waals surface area contributed by atoms with Gasteiger partial charge < -0.3 is 10.2 Å². The molecule has 1 saturated carbocycles. The van der Waals surface area contributed by atoms with E-state index in [1.807, 2.05) is 0 Å². The van der Waals surface area contributed by atoms with Crippen LogP contribution in [0.5, 0.6) is 0 Å². The molecule has 0 bridgehead atoms. The molecule has 0 spiro atoms. The summed E-state index contributed by atoms with van der Waals surface area (Å²) in [4.78, 5) is 14.9. The number of nitrogens with one attached hydrogen (secondary N) is 1. The summed E-state index contributed by atoms with van der Waals surface area (Å²) in [6.07, 6.45) is 14.5. The SMILES string of the molecule is C#CCCC1(CCC(=O)NC(C)C2CCCN(C3CCC3)C2)N=N1. The first kappa shape index (κ1) is 17.4. The van der Waals surface area contributed by atoms with Gasteiger partial charge in [0.2, 0.25) is 5.91 Å². The molecule has 0 aromatic carbocycles. The zero-order valence-corrected chi connectivity index (χ0v) is 14.8. The number of rotatable bonds is 8. The Bertz CT molecular complexity index is 514. The molecule has 0 radical (unpaired) electrons. The Balaban J connectivity index is 1.38. The summed E-state index contributed by atoms with van der Waals surface area (Å²) >= 11 is 0. The lowest BCUT2D eigenvalue weighted by molar-refractivity contribution is -0.122. The van der Waals surface area contributed by atoms with Gasteiger partial charge in [-0.1, -0.05) is 6.42 Å². The number of likely N-dealkylation sites (tertiary alicyclic amines) is 1. The molecule has 1 saturated heterocycles. The highest BCUT2D eigenvalue weighted by Crippen LogP contribution is 2.37. The molecule has 2 fully saturated rings. The molecular formula is C19H30N4O. The van der Waals surface area contributed by atoms with Gasteiger partial charge in [0.1, 0.15) is 0 Å². The Morgan fingerprint density at radius 3 is 2.75 bits per heavy atom. The number of hydrogen-bond acceptors (Lipinski definition) is 4.